The maximum atomic E-state index is 13.3. The fourth-order valence-corrected chi connectivity index (χ4v) is 4.86. The monoisotopic (exact) mass is 470 g/mol. The van der Waals surface area contributed by atoms with E-state index in [9.17, 15) is 14.7 Å². The highest BCUT2D eigenvalue weighted by atomic mass is 32.1. The lowest BCUT2D eigenvalue weighted by Crippen LogP contribution is -2.31. The van der Waals surface area contributed by atoms with Gasteiger partial charge in [0.25, 0.3) is 5.91 Å². The standard InChI is InChI=1S/C23H22N2O5S2/c1-3-10-30-15-8-7-14(13-16(15)29-4-2)19-18(20(26)17-6-5-11-31-17)21(27)22(28)25(19)23-24-9-12-32-23/h5-9,11-13,19,27H,3-4,10H2,1-2H3. The normalized spacial score (nSPS) is 16.0. The van der Waals surface area contributed by atoms with Gasteiger partial charge in [-0.05, 0) is 42.5 Å². The minimum absolute atomic E-state index is 0.0253. The third-order valence-corrected chi connectivity index (χ3v) is 6.51. The van der Waals surface area contributed by atoms with Crippen molar-refractivity contribution in [1.29, 1.82) is 0 Å². The van der Waals surface area contributed by atoms with E-state index in [0.29, 0.717) is 40.3 Å². The summed E-state index contributed by atoms with van der Waals surface area (Å²) in [6.45, 7) is 4.85. The Morgan fingerprint density at radius 2 is 2.00 bits per heavy atom. The average molecular weight is 471 g/mol. The van der Waals surface area contributed by atoms with Gasteiger partial charge in [0.1, 0.15) is 0 Å². The van der Waals surface area contributed by atoms with Crippen LogP contribution in [0.2, 0.25) is 0 Å². The Bertz CT molecular complexity index is 1140. The number of aliphatic hydroxyl groups excluding tert-OH is 1. The van der Waals surface area contributed by atoms with Crippen molar-refractivity contribution in [3.8, 4) is 11.5 Å². The number of nitrogens with zero attached hydrogens (tertiary/aromatic N) is 2. The molecule has 9 heteroatoms. The average Bonchev–Trinajstić information content (AvgIpc) is 3.55. The summed E-state index contributed by atoms with van der Waals surface area (Å²) < 4.78 is 11.6. The first-order chi connectivity index (χ1) is 15.6. The third kappa shape index (κ3) is 4.01. The van der Waals surface area contributed by atoms with Crippen LogP contribution in [0, 0.1) is 0 Å². The summed E-state index contributed by atoms with van der Waals surface area (Å²) in [4.78, 5) is 32.4. The summed E-state index contributed by atoms with van der Waals surface area (Å²) in [5, 5.41) is 14.7. The minimum Gasteiger partial charge on any atom is -0.503 e. The van der Waals surface area contributed by atoms with Gasteiger partial charge in [0, 0.05) is 11.6 Å². The number of benzene rings is 1. The first-order valence-electron chi connectivity index (χ1n) is 10.2. The number of thiazole rings is 1. The SMILES string of the molecule is CCCOc1ccc(C2C(C(=O)c3cccs3)=C(O)C(=O)N2c2nccs2)cc1OCC. The van der Waals surface area contributed by atoms with Crippen LogP contribution in [0.1, 0.15) is 41.5 Å². The summed E-state index contributed by atoms with van der Waals surface area (Å²) in [6.07, 6.45) is 2.42. The molecule has 0 spiro atoms. The summed E-state index contributed by atoms with van der Waals surface area (Å²) in [5.41, 5.74) is 0.641. The fourth-order valence-electron chi connectivity index (χ4n) is 3.52. The predicted molar refractivity (Wildman–Crippen MR) is 124 cm³/mol. The smallest absolute Gasteiger partial charge is 0.296 e. The number of thiophene rings is 1. The topological polar surface area (TPSA) is 89.0 Å². The van der Waals surface area contributed by atoms with E-state index in [2.05, 4.69) is 4.98 Å². The molecule has 4 rings (SSSR count). The van der Waals surface area contributed by atoms with Crippen molar-refractivity contribution >= 4 is 39.5 Å². The number of hydrogen-bond acceptors (Lipinski definition) is 8. The molecule has 1 N–H and O–H groups in total. The van der Waals surface area contributed by atoms with Crippen molar-refractivity contribution < 1.29 is 24.2 Å². The number of Topliss-reactive ketones (excluding diaryl/α,β-unsaturated/α-hetero) is 1. The molecule has 1 amide bonds. The molecule has 1 aliphatic rings. The Hall–Kier alpha value is -3.17. The van der Waals surface area contributed by atoms with Crippen molar-refractivity contribution in [3.63, 3.8) is 0 Å². The summed E-state index contributed by atoms with van der Waals surface area (Å²) >= 11 is 2.51. The number of hydrogen-bond donors (Lipinski definition) is 1. The number of ketones is 1. The van der Waals surface area contributed by atoms with E-state index in [0.717, 1.165) is 6.42 Å². The molecular formula is C23H22N2O5S2. The van der Waals surface area contributed by atoms with Gasteiger partial charge in [-0.15, -0.1) is 22.7 Å². The van der Waals surface area contributed by atoms with Crippen LogP contribution in [0.3, 0.4) is 0 Å². The number of carbonyl (C=O) groups is 2. The Kier molecular flexibility index (Phi) is 6.57. The maximum Gasteiger partial charge on any atom is 0.296 e. The van der Waals surface area contributed by atoms with Gasteiger partial charge in [-0.2, -0.15) is 0 Å². The molecule has 0 bridgehead atoms. The molecule has 0 radical (unpaired) electrons. The van der Waals surface area contributed by atoms with Crippen LogP contribution in [0.5, 0.6) is 11.5 Å². The molecule has 2 aromatic heterocycles. The number of anilines is 1. The number of rotatable bonds is 9. The van der Waals surface area contributed by atoms with Gasteiger partial charge in [0.2, 0.25) is 5.78 Å². The van der Waals surface area contributed by atoms with Crippen molar-refractivity contribution in [2.75, 3.05) is 18.1 Å². The highest BCUT2D eigenvalue weighted by Gasteiger charge is 2.46. The Morgan fingerprint density at radius 3 is 2.66 bits per heavy atom. The molecule has 0 saturated heterocycles. The molecule has 1 atom stereocenters. The molecule has 166 valence electrons. The Labute approximate surface area is 193 Å². The largest absolute Gasteiger partial charge is 0.503 e. The molecule has 3 aromatic rings. The Balaban J connectivity index is 1.84. The van der Waals surface area contributed by atoms with Gasteiger partial charge in [-0.1, -0.05) is 19.1 Å². The summed E-state index contributed by atoms with van der Waals surface area (Å²) in [7, 11) is 0. The second-order valence-corrected chi connectivity index (χ2v) is 8.77. The minimum atomic E-state index is -0.845. The second-order valence-electron chi connectivity index (χ2n) is 6.95. The zero-order valence-electron chi connectivity index (χ0n) is 17.6. The molecular weight excluding hydrogens is 448 g/mol. The molecule has 32 heavy (non-hydrogen) atoms. The van der Waals surface area contributed by atoms with Crippen LogP contribution in [0.15, 0.2) is 58.6 Å². The zero-order chi connectivity index (χ0) is 22.7. The van der Waals surface area contributed by atoms with Gasteiger partial charge in [-0.25, -0.2) is 4.98 Å². The van der Waals surface area contributed by atoms with Gasteiger partial charge < -0.3 is 14.6 Å². The van der Waals surface area contributed by atoms with Crippen molar-refractivity contribution in [2.45, 2.75) is 26.3 Å². The molecule has 0 saturated carbocycles. The van der Waals surface area contributed by atoms with Crippen LogP contribution < -0.4 is 14.4 Å². The molecule has 0 fully saturated rings. The van der Waals surface area contributed by atoms with Gasteiger partial charge >= 0.3 is 0 Å². The number of aromatic nitrogens is 1. The number of carbonyl (C=O) groups excluding carboxylic acids is 2. The van der Waals surface area contributed by atoms with Gasteiger partial charge in [0.15, 0.2) is 22.4 Å². The lowest BCUT2D eigenvalue weighted by Gasteiger charge is -2.25. The Morgan fingerprint density at radius 1 is 1.16 bits per heavy atom. The fraction of sp³-hybridized carbons (Fsp3) is 0.261. The molecule has 0 aliphatic carbocycles. The number of ether oxygens (including phenoxy) is 2. The van der Waals surface area contributed by atoms with Gasteiger partial charge in [-0.3, -0.25) is 14.5 Å². The lowest BCUT2D eigenvalue weighted by molar-refractivity contribution is -0.117. The number of aliphatic hydroxyl groups is 1. The quantitative estimate of drug-likeness (QED) is 0.434. The molecule has 7 nitrogen and oxygen atoms in total. The van der Waals surface area contributed by atoms with Crippen molar-refractivity contribution in [2.24, 2.45) is 0 Å². The summed E-state index contributed by atoms with van der Waals surface area (Å²) in [6, 6.07) is 7.90. The van der Waals surface area contributed by atoms with Crippen molar-refractivity contribution in [3.05, 3.63) is 69.1 Å². The first-order valence-corrected chi connectivity index (χ1v) is 12.0. The number of amides is 1. The van der Waals surface area contributed by atoms with Crippen LogP contribution >= 0.6 is 22.7 Å². The highest BCUT2D eigenvalue weighted by Crippen LogP contribution is 2.44. The second kappa shape index (κ2) is 9.54. The van der Waals surface area contributed by atoms with E-state index in [1.165, 1.54) is 27.6 Å². The van der Waals surface area contributed by atoms with Crippen LogP contribution in [-0.4, -0.2) is 35.0 Å². The van der Waals surface area contributed by atoms with Crippen LogP contribution in [-0.2, 0) is 4.79 Å². The molecule has 1 aliphatic heterocycles. The third-order valence-electron chi connectivity index (χ3n) is 4.87. The van der Waals surface area contributed by atoms with E-state index < -0.39 is 17.7 Å². The predicted octanol–water partition coefficient (Wildman–Crippen LogP) is 5.18. The van der Waals surface area contributed by atoms with Gasteiger partial charge in [0.05, 0.1) is 29.7 Å². The van der Waals surface area contributed by atoms with E-state index >= 15 is 0 Å². The summed E-state index contributed by atoms with van der Waals surface area (Å²) in [5.74, 6) is -0.512. The first kappa shape index (κ1) is 22.0. The van der Waals surface area contributed by atoms with E-state index in [4.69, 9.17) is 9.47 Å². The highest BCUT2D eigenvalue weighted by molar-refractivity contribution is 7.14. The van der Waals surface area contributed by atoms with Crippen molar-refractivity contribution in [1.82, 2.24) is 4.98 Å². The molecule has 3 heterocycles. The van der Waals surface area contributed by atoms with Crippen LogP contribution in [0.25, 0.3) is 0 Å². The van der Waals surface area contributed by atoms with E-state index in [-0.39, 0.29) is 11.4 Å². The lowest BCUT2D eigenvalue weighted by atomic mass is 9.95. The van der Waals surface area contributed by atoms with E-state index in [1.807, 2.05) is 13.8 Å². The molecule has 1 aromatic carbocycles. The zero-order valence-corrected chi connectivity index (χ0v) is 19.2. The van der Waals surface area contributed by atoms with E-state index in [1.54, 1.807) is 47.3 Å². The maximum absolute atomic E-state index is 13.3. The van der Waals surface area contributed by atoms with Crippen LogP contribution in [0.4, 0.5) is 5.13 Å². The molecule has 1 unspecified atom stereocenters.